The third kappa shape index (κ3) is 4.51. The first kappa shape index (κ1) is 22.3. The van der Waals surface area contributed by atoms with Crippen LogP contribution in [0.25, 0.3) is 21.7 Å². The fraction of sp³-hybridized carbons (Fsp3) is 0.364. The number of thiazole rings is 1. The molecular formula is C22H25N5O3S2. The first-order chi connectivity index (χ1) is 15.5. The normalized spacial score (nSPS) is 11.3. The minimum atomic E-state index is -0.328. The van der Waals surface area contributed by atoms with E-state index in [0.29, 0.717) is 24.3 Å². The molecule has 0 saturated carbocycles. The molecule has 0 aliphatic carbocycles. The molecule has 0 amide bonds. The molecule has 3 aromatic heterocycles. The number of rotatable bonds is 9. The van der Waals surface area contributed by atoms with Crippen LogP contribution in [0.3, 0.4) is 0 Å². The van der Waals surface area contributed by atoms with Crippen molar-refractivity contribution in [2.45, 2.75) is 25.6 Å². The standard InChI is InChI=1S/C22H25N5O3S2/c1-4-30-17-8-6-15(7-9-17)20-24-16(13-32-20)12-31-11-5-10-27-21(28)18-19(23-14-25(18)2)26(3)22(27)29/h6-9,13-14H,4-5,10-12H2,1-3H3. The van der Waals surface area contributed by atoms with E-state index in [0.717, 1.165) is 39.9 Å². The molecule has 0 saturated heterocycles. The van der Waals surface area contributed by atoms with Crippen LogP contribution in [0.15, 0.2) is 45.6 Å². The van der Waals surface area contributed by atoms with Gasteiger partial charge in [0.1, 0.15) is 10.8 Å². The summed E-state index contributed by atoms with van der Waals surface area (Å²) in [5.41, 5.74) is 2.37. The molecule has 32 heavy (non-hydrogen) atoms. The molecule has 0 unspecified atom stereocenters. The van der Waals surface area contributed by atoms with Crippen molar-refractivity contribution in [3.8, 4) is 16.3 Å². The van der Waals surface area contributed by atoms with Gasteiger partial charge in [0.15, 0.2) is 11.2 Å². The van der Waals surface area contributed by atoms with Gasteiger partial charge in [-0.25, -0.2) is 14.8 Å². The van der Waals surface area contributed by atoms with Crippen molar-refractivity contribution in [3.63, 3.8) is 0 Å². The highest BCUT2D eigenvalue weighted by Crippen LogP contribution is 2.27. The van der Waals surface area contributed by atoms with Crippen LogP contribution in [0.1, 0.15) is 19.0 Å². The lowest BCUT2D eigenvalue weighted by Gasteiger charge is -2.08. The number of imidazole rings is 1. The molecule has 0 fully saturated rings. The Bertz CT molecular complexity index is 1330. The second-order valence-corrected chi connectivity index (χ2v) is 9.30. The molecular weight excluding hydrogens is 446 g/mol. The van der Waals surface area contributed by atoms with Gasteiger partial charge in [0, 0.05) is 37.3 Å². The van der Waals surface area contributed by atoms with Gasteiger partial charge in [0.2, 0.25) is 0 Å². The van der Waals surface area contributed by atoms with E-state index in [4.69, 9.17) is 9.72 Å². The van der Waals surface area contributed by atoms with Crippen molar-refractivity contribution < 1.29 is 4.74 Å². The van der Waals surface area contributed by atoms with E-state index in [9.17, 15) is 9.59 Å². The molecule has 0 atom stereocenters. The summed E-state index contributed by atoms with van der Waals surface area (Å²) in [5.74, 6) is 2.48. The van der Waals surface area contributed by atoms with Crippen LogP contribution in [0.4, 0.5) is 0 Å². The van der Waals surface area contributed by atoms with E-state index < -0.39 is 0 Å². The molecule has 0 bridgehead atoms. The third-order valence-corrected chi connectivity index (χ3v) is 7.10. The summed E-state index contributed by atoms with van der Waals surface area (Å²) in [7, 11) is 3.41. The Hall–Kier alpha value is -2.85. The van der Waals surface area contributed by atoms with E-state index in [1.807, 2.05) is 31.2 Å². The monoisotopic (exact) mass is 471 g/mol. The van der Waals surface area contributed by atoms with Crippen LogP contribution in [0, 0.1) is 0 Å². The predicted molar refractivity (Wildman–Crippen MR) is 130 cm³/mol. The molecule has 0 radical (unpaired) electrons. The van der Waals surface area contributed by atoms with Gasteiger partial charge in [0.25, 0.3) is 5.56 Å². The minimum Gasteiger partial charge on any atom is -0.494 e. The number of nitrogens with zero attached hydrogens (tertiary/aromatic N) is 5. The molecule has 10 heteroatoms. The number of benzene rings is 1. The van der Waals surface area contributed by atoms with Gasteiger partial charge in [-0.1, -0.05) is 0 Å². The zero-order valence-electron chi connectivity index (χ0n) is 18.3. The fourth-order valence-corrected chi connectivity index (χ4v) is 5.23. The topological polar surface area (TPSA) is 83.9 Å². The number of hydrogen-bond donors (Lipinski definition) is 0. The first-order valence-electron chi connectivity index (χ1n) is 10.4. The summed E-state index contributed by atoms with van der Waals surface area (Å²) >= 11 is 3.38. The number of aryl methyl sites for hydroxylation is 2. The average Bonchev–Trinajstić information content (AvgIpc) is 3.42. The highest BCUT2D eigenvalue weighted by Gasteiger charge is 2.14. The van der Waals surface area contributed by atoms with Crippen LogP contribution < -0.4 is 16.0 Å². The number of fused-ring (bicyclic) bond motifs is 1. The number of thioether (sulfide) groups is 1. The largest absolute Gasteiger partial charge is 0.494 e. The Balaban J connectivity index is 1.33. The Morgan fingerprint density at radius 3 is 2.69 bits per heavy atom. The summed E-state index contributed by atoms with van der Waals surface area (Å²) in [4.78, 5) is 34.2. The molecule has 8 nitrogen and oxygen atoms in total. The van der Waals surface area contributed by atoms with E-state index in [1.165, 1.54) is 9.13 Å². The summed E-state index contributed by atoms with van der Waals surface area (Å²) < 4.78 is 9.88. The Kier molecular flexibility index (Phi) is 6.80. The van der Waals surface area contributed by atoms with Crippen molar-refractivity contribution >= 4 is 34.3 Å². The molecule has 4 rings (SSSR count). The Morgan fingerprint density at radius 1 is 1.16 bits per heavy atom. The van der Waals surface area contributed by atoms with Gasteiger partial charge < -0.3 is 9.30 Å². The second-order valence-electron chi connectivity index (χ2n) is 7.33. The quantitative estimate of drug-likeness (QED) is 0.348. The molecule has 0 aliphatic heterocycles. The maximum atomic E-state index is 12.7. The molecule has 3 heterocycles. The van der Waals surface area contributed by atoms with Crippen LogP contribution in [-0.4, -0.2) is 36.0 Å². The zero-order valence-corrected chi connectivity index (χ0v) is 19.9. The van der Waals surface area contributed by atoms with Crippen molar-refractivity contribution in [1.29, 1.82) is 0 Å². The first-order valence-corrected chi connectivity index (χ1v) is 12.4. The molecule has 168 valence electrons. The van der Waals surface area contributed by atoms with Crippen molar-refractivity contribution in [2.75, 3.05) is 12.4 Å². The highest BCUT2D eigenvalue weighted by molar-refractivity contribution is 7.98. The van der Waals surface area contributed by atoms with E-state index in [2.05, 4.69) is 10.4 Å². The van der Waals surface area contributed by atoms with Gasteiger partial charge >= 0.3 is 5.69 Å². The smallest absolute Gasteiger partial charge is 0.332 e. The van der Waals surface area contributed by atoms with Gasteiger partial charge in [-0.15, -0.1) is 11.3 Å². The molecule has 4 aromatic rings. The lowest BCUT2D eigenvalue weighted by molar-refractivity contribution is 0.340. The second kappa shape index (κ2) is 9.74. The molecule has 0 spiro atoms. The average molecular weight is 472 g/mol. The lowest BCUT2D eigenvalue weighted by atomic mass is 10.2. The summed E-state index contributed by atoms with van der Waals surface area (Å²) in [5, 5.41) is 3.07. The predicted octanol–water partition coefficient (Wildman–Crippen LogP) is 3.28. The molecule has 1 aromatic carbocycles. The van der Waals surface area contributed by atoms with Crippen molar-refractivity contribution in [3.05, 3.63) is 62.5 Å². The van der Waals surface area contributed by atoms with Crippen LogP contribution in [0.5, 0.6) is 5.75 Å². The van der Waals surface area contributed by atoms with Gasteiger partial charge in [0.05, 0.1) is 18.6 Å². The number of hydrogen-bond acceptors (Lipinski definition) is 7. The summed E-state index contributed by atoms with van der Waals surface area (Å²) in [6, 6.07) is 7.98. The SMILES string of the molecule is CCOc1ccc(-c2nc(CSCCCn3c(=O)c4c(ncn4C)n(C)c3=O)cs2)cc1. The number of ether oxygens (including phenoxy) is 1. The van der Waals surface area contributed by atoms with Crippen LogP contribution in [-0.2, 0) is 26.4 Å². The van der Waals surface area contributed by atoms with Crippen molar-refractivity contribution in [2.24, 2.45) is 14.1 Å². The van der Waals surface area contributed by atoms with Crippen molar-refractivity contribution in [1.82, 2.24) is 23.7 Å². The van der Waals surface area contributed by atoms with Gasteiger partial charge in [-0.2, -0.15) is 11.8 Å². The third-order valence-electron chi connectivity index (χ3n) is 5.09. The lowest BCUT2D eigenvalue weighted by Crippen LogP contribution is -2.39. The molecule has 0 N–H and O–H groups in total. The zero-order chi connectivity index (χ0) is 22.7. The number of aromatic nitrogens is 5. The van der Waals surface area contributed by atoms with Crippen LogP contribution >= 0.6 is 23.1 Å². The van der Waals surface area contributed by atoms with Gasteiger partial charge in [-0.3, -0.25) is 13.9 Å². The summed E-state index contributed by atoms with van der Waals surface area (Å²) in [6.45, 7) is 3.00. The van der Waals surface area contributed by atoms with Crippen LogP contribution in [0.2, 0.25) is 0 Å². The van der Waals surface area contributed by atoms with E-state index in [1.54, 1.807) is 48.1 Å². The Labute approximate surface area is 193 Å². The maximum absolute atomic E-state index is 12.7. The van der Waals surface area contributed by atoms with E-state index in [-0.39, 0.29) is 11.2 Å². The Morgan fingerprint density at radius 2 is 1.94 bits per heavy atom. The molecule has 0 aliphatic rings. The van der Waals surface area contributed by atoms with E-state index >= 15 is 0 Å². The van der Waals surface area contributed by atoms with Gasteiger partial charge in [-0.05, 0) is 43.4 Å². The summed E-state index contributed by atoms with van der Waals surface area (Å²) in [6.07, 6.45) is 2.28. The minimum absolute atomic E-state index is 0.285. The highest BCUT2D eigenvalue weighted by atomic mass is 32.2. The maximum Gasteiger partial charge on any atom is 0.332 e. The fourth-order valence-electron chi connectivity index (χ4n) is 3.46.